The Morgan fingerprint density at radius 3 is 2.46 bits per heavy atom. The Kier molecular flexibility index (Phi) is 5.81. The number of carbonyl (C=O) groups excluding carboxylic acids is 2. The highest BCUT2D eigenvalue weighted by Gasteiger charge is 2.41. The van der Waals surface area contributed by atoms with E-state index in [4.69, 9.17) is 4.74 Å². The van der Waals surface area contributed by atoms with Crippen molar-refractivity contribution >= 4 is 11.9 Å². The summed E-state index contributed by atoms with van der Waals surface area (Å²) in [6, 6.07) is 9.97. The maximum Gasteiger partial charge on any atom is 0.317 e. The number of nitrogens with one attached hydrogen (secondary N) is 1. The number of piperidine rings is 1. The number of hydrogen-bond acceptors (Lipinski definition) is 3. The summed E-state index contributed by atoms with van der Waals surface area (Å²) in [4.78, 5) is 28.6. The maximum atomic E-state index is 12.7. The summed E-state index contributed by atoms with van der Waals surface area (Å²) in [5.74, 6) is 0.152. The number of benzene rings is 1. The van der Waals surface area contributed by atoms with Crippen LogP contribution in [0.5, 0.6) is 0 Å². The van der Waals surface area contributed by atoms with Crippen LogP contribution in [-0.2, 0) is 16.0 Å². The SMILES string of the molecule is CC(C)NC(=O)N1CCC2(CC1)CN(C(=O)Cc1ccccc1)CCO2. The summed E-state index contributed by atoms with van der Waals surface area (Å²) in [5, 5.41) is 2.94. The highest BCUT2D eigenvalue weighted by Crippen LogP contribution is 2.30. The third kappa shape index (κ3) is 4.55. The summed E-state index contributed by atoms with van der Waals surface area (Å²) < 4.78 is 6.09. The van der Waals surface area contributed by atoms with Crippen molar-refractivity contribution in [3.05, 3.63) is 35.9 Å². The van der Waals surface area contributed by atoms with Crippen LogP contribution >= 0.6 is 0 Å². The van der Waals surface area contributed by atoms with Crippen molar-refractivity contribution < 1.29 is 14.3 Å². The monoisotopic (exact) mass is 359 g/mol. The third-order valence-electron chi connectivity index (χ3n) is 5.17. The molecular weight excluding hydrogens is 330 g/mol. The van der Waals surface area contributed by atoms with Gasteiger partial charge < -0.3 is 19.9 Å². The van der Waals surface area contributed by atoms with E-state index in [1.807, 2.05) is 54.0 Å². The molecule has 0 aliphatic carbocycles. The Labute approximate surface area is 155 Å². The van der Waals surface area contributed by atoms with Gasteiger partial charge >= 0.3 is 6.03 Å². The van der Waals surface area contributed by atoms with E-state index in [0.717, 1.165) is 18.4 Å². The quantitative estimate of drug-likeness (QED) is 0.898. The van der Waals surface area contributed by atoms with Gasteiger partial charge in [-0.25, -0.2) is 4.79 Å². The van der Waals surface area contributed by atoms with E-state index in [1.54, 1.807) is 0 Å². The molecule has 0 radical (unpaired) electrons. The number of hydrogen-bond donors (Lipinski definition) is 1. The molecule has 1 aromatic carbocycles. The number of morpholine rings is 1. The molecule has 26 heavy (non-hydrogen) atoms. The Hall–Kier alpha value is -2.08. The molecule has 2 fully saturated rings. The van der Waals surface area contributed by atoms with Crippen LogP contribution in [0.3, 0.4) is 0 Å². The summed E-state index contributed by atoms with van der Waals surface area (Å²) in [7, 11) is 0. The van der Waals surface area contributed by atoms with Crippen molar-refractivity contribution in [2.45, 2.75) is 44.8 Å². The number of ether oxygens (including phenoxy) is 1. The molecule has 0 atom stereocenters. The van der Waals surface area contributed by atoms with Gasteiger partial charge in [0.1, 0.15) is 0 Å². The van der Waals surface area contributed by atoms with Gasteiger partial charge in [0.05, 0.1) is 18.6 Å². The van der Waals surface area contributed by atoms with E-state index in [-0.39, 0.29) is 23.6 Å². The van der Waals surface area contributed by atoms with E-state index in [2.05, 4.69) is 5.32 Å². The second-order valence-electron chi connectivity index (χ2n) is 7.60. The number of likely N-dealkylation sites (tertiary alicyclic amines) is 1. The summed E-state index contributed by atoms with van der Waals surface area (Å²) in [5.41, 5.74) is 0.734. The molecule has 1 aromatic rings. The number of carbonyl (C=O) groups is 2. The zero-order valence-corrected chi connectivity index (χ0v) is 15.7. The Balaban J connectivity index is 1.55. The Morgan fingerprint density at radius 1 is 1.12 bits per heavy atom. The second-order valence-corrected chi connectivity index (χ2v) is 7.60. The molecule has 0 bridgehead atoms. The van der Waals surface area contributed by atoms with Crippen molar-refractivity contribution in [1.82, 2.24) is 15.1 Å². The topological polar surface area (TPSA) is 61.9 Å². The molecule has 0 saturated carbocycles. The number of urea groups is 1. The minimum Gasteiger partial charge on any atom is -0.371 e. The van der Waals surface area contributed by atoms with Crippen LogP contribution in [-0.4, -0.2) is 66.2 Å². The first-order valence-corrected chi connectivity index (χ1v) is 9.48. The average molecular weight is 359 g/mol. The molecule has 6 heteroatoms. The van der Waals surface area contributed by atoms with E-state index in [1.165, 1.54) is 0 Å². The lowest BCUT2D eigenvalue weighted by Crippen LogP contribution is -2.59. The zero-order chi connectivity index (χ0) is 18.6. The maximum absolute atomic E-state index is 12.7. The second kappa shape index (κ2) is 8.08. The highest BCUT2D eigenvalue weighted by atomic mass is 16.5. The first-order chi connectivity index (χ1) is 12.5. The van der Waals surface area contributed by atoms with Crippen molar-refractivity contribution in [3.63, 3.8) is 0 Å². The van der Waals surface area contributed by atoms with Gasteiger partial charge in [0, 0.05) is 32.2 Å². The molecule has 2 saturated heterocycles. The van der Waals surface area contributed by atoms with Gasteiger partial charge in [-0.1, -0.05) is 30.3 Å². The third-order valence-corrected chi connectivity index (χ3v) is 5.17. The van der Waals surface area contributed by atoms with Gasteiger partial charge in [0.2, 0.25) is 5.91 Å². The fourth-order valence-corrected chi connectivity index (χ4v) is 3.70. The van der Waals surface area contributed by atoms with Gasteiger partial charge in [0.15, 0.2) is 0 Å². The first kappa shape index (κ1) is 18.7. The molecule has 3 amide bonds. The van der Waals surface area contributed by atoms with Crippen molar-refractivity contribution in [3.8, 4) is 0 Å². The fraction of sp³-hybridized carbons (Fsp3) is 0.600. The minimum absolute atomic E-state index is 0.0114. The number of nitrogens with zero attached hydrogens (tertiary/aromatic N) is 2. The molecule has 1 spiro atoms. The molecular formula is C20H29N3O3. The lowest BCUT2D eigenvalue weighted by atomic mass is 9.89. The van der Waals surface area contributed by atoms with Crippen molar-refractivity contribution in [1.29, 1.82) is 0 Å². The number of amides is 3. The molecule has 3 rings (SSSR count). The predicted octanol–water partition coefficient (Wildman–Crippen LogP) is 2.04. The van der Waals surface area contributed by atoms with Gasteiger partial charge in [-0.05, 0) is 32.3 Å². The van der Waals surface area contributed by atoms with Crippen LogP contribution in [0.2, 0.25) is 0 Å². The molecule has 0 aromatic heterocycles. The molecule has 2 aliphatic rings. The van der Waals surface area contributed by atoms with E-state index in [9.17, 15) is 9.59 Å². The molecule has 142 valence electrons. The Morgan fingerprint density at radius 2 is 1.81 bits per heavy atom. The van der Waals surface area contributed by atoms with Crippen LogP contribution in [0.1, 0.15) is 32.3 Å². The summed E-state index contributed by atoms with van der Waals surface area (Å²) in [6.07, 6.45) is 1.97. The van der Waals surface area contributed by atoms with E-state index < -0.39 is 0 Å². The van der Waals surface area contributed by atoms with Gasteiger partial charge in [-0.2, -0.15) is 0 Å². The Bertz CT molecular complexity index is 624. The normalized spacial score (nSPS) is 19.7. The van der Waals surface area contributed by atoms with Crippen LogP contribution in [0.15, 0.2) is 30.3 Å². The van der Waals surface area contributed by atoms with Crippen LogP contribution in [0.4, 0.5) is 4.79 Å². The van der Waals surface area contributed by atoms with Crippen molar-refractivity contribution in [2.24, 2.45) is 0 Å². The smallest absolute Gasteiger partial charge is 0.317 e. The molecule has 2 aliphatic heterocycles. The standard InChI is InChI=1S/C20H29N3O3/c1-16(2)21-19(25)22-10-8-20(9-11-22)15-23(12-13-26-20)18(24)14-17-6-4-3-5-7-17/h3-7,16H,8-15H2,1-2H3,(H,21,25). The van der Waals surface area contributed by atoms with Crippen molar-refractivity contribution in [2.75, 3.05) is 32.8 Å². The lowest BCUT2D eigenvalue weighted by molar-refractivity contribution is -0.157. The van der Waals surface area contributed by atoms with Gasteiger partial charge in [-0.15, -0.1) is 0 Å². The largest absolute Gasteiger partial charge is 0.371 e. The number of rotatable bonds is 3. The lowest BCUT2D eigenvalue weighted by Gasteiger charge is -2.47. The molecule has 0 unspecified atom stereocenters. The van der Waals surface area contributed by atoms with E-state index >= 15 is 0 Å². The zero-order valence-electron chi connectivity index (χ0n) is 15.7. The van der Waals surface area contributed by atoms with Crippen LogP contribution in [0.25, 0.3) is 0 Å². The van der Waals surface area contributed by atoms with Crippen LogP contribution < -0.4 is 5.32 Å². The highest BCUT2D eigenvalue weighted by molar-refractivity contribution is 5.79. The summed E-state index contributed by atoms with van der Waals surface area (Å²) in [6.45, 7) is 7.09. The fourth-order valence-electron chi connectivity index (χ4n) is 3.70. The van der Waals surface area contributed by atoms with E-state index in [0.29, 0.717) is 39.2 Å². The first-order valence-electron chi connectivity index (χ1n) is 9.48. The molecule has 1 N–H and O–H groups in total. The van der Waals surface area contributed by atoms with Gasteiger partial charge in [0.25, 0.3) is 0 Å². The van der Waals surface area contributed by atoms with Gasteiger partial charge in [-0.3, -0.25) is 4.79 Å². The minimum atomic E-state index is -0.306. The molecule has 2 heterocycles. The van der Waals surface area contributed by atoms with Crippen LogP contribution in [0, 0.1) is 0 Å². The summed E-state index contributed by atoms with van der Waals surface area (Å²) >= 11 is 0. The molecule has 6 nitrogen and oxygen atoms in total. The predicted molar refractivity (Wildman–Crippen MR) is 99.9 cm³/mol. The average Bonchev–Trinajstić information content (AvgIpc) is 2.62.